The maximum absolute atomic E-state index is 13.4. The van der Waals surface area contributed by atoms with Gasteiger partial charge in [0.1, 0.15) is 11.2 Å². The molecule has 0 N–H and O–H groups in total. The van der Waals surface area contributed by atoms with Crippen LogP contribution in [0.4, 0.5) is 5.69 Å². The van der Waals surface area contributed by atoms with Crippen molar-refractivity contribution in [1.82, 2.24) is 9.13 Å². The number of nitrogens with zero attached hydrogens (tertiary/aromatic N) is 3. The molecule has 5 rings (SSSR count). The van der Waals surface area contributed by atoms with Crippen molar-refractivity contribution in [2.75, 3.05) is 11.4 Å². The van der Waals surface area contributed by atoms with Crippen molar-refractivity contribution in [3.8, 4) is 5.69 Å². The van der Waals surface area contributed by atoms with Gasteiger partial charge in [0.25, 0.3) is 5.56 Å². The molecule has 0 unspecified atom stereocenters. The highest BCUT2D eigenvalue weighted by Gasteiger charge is 2.26. The molecule has 7 heteroatoms. The van der Waals surface area contributed by atoms with Crippen molar-refractivity contribution in [3.05, 3.63) is 91.9 Å². The number of aromatic nitrogens is 2. The lowest BCUT2D eigenvalue weighted by atomic mass is 10.2. The third-order valence-corrected chi connectivity index (χ3v) is 6.39. The topological polar surface area (TPSA) is 64.3 Å². The van der Waals surface area contributed by atoms with Gasteiger partial charge in [0.05, 0.1) is 11.2 Å². The van der Waals surface area contributed by atoms with Crippen molar-refractivity contribution >= 4 is 33.1 Å². The molecule has 2 aromatic heterocycles. The first kappa shape index (κ1) is 18.6. The van der Waals surface area contributed by atoms with Crippen LogP contribution in [0.25, 0.3) is 15.9 Å². The number of amides is 1. The number of anilines is 1. The molecule has 0 radical (unpaired) electrons. The molecule has 30 heavy (non-hydrogen) atoms. The molecule has 2 aromatic carbocycles. The normalized spacial score (nSPS) is 13.0. The summed E-state index contributed by atoms with van der Waals surface area (Å²) in [6.45, 7) is 2.38. The van der Waals surface area contributed by atoms with E-state index in [1.165, 1.54) is 15.9 Å². The Morgan fingerprint density at radius 1 is 1.07 bits per heavy atom. The summed E-state index contributed by atoms with van der Waals surface area (Å²) < 4.78 is 3.04. The minimum atomic E-state index is -0.502. The molecule has 0 saturated heterocycles. The summed E-state index contributed by atoms with van der Waals surface area (Å²) in [7, 11) is 0. The quantitative estimate of drug-likeness (QED) is 0.515. The zero-order chi connectivity index (χ0) is 20.8. The predicted octanol–water partition coefficient (Wildman–Crippen LogP) is 3.11. The number of para-hydroxylation sites is 1. The maximum atomic E-state index is 13.4. The number of hydrogen-bond acceptors (Lipinski definition) is 4. The van der Waals surface area contributed by atoms with Crippen LogP contribution in [0.5, 0.6) is 0 Å². The number of fused-ring (bicyclic) bond motifs is 2. The lowest BCUT2D eigenvalue weighted by Crippen LogP contribution is -2.42. The Bertz CT molecular complexity index is 1410. The largest absolute Gasteiger partial charge is 0.336 e. The molecular formula is C23H19N3O3S. The number of hydrogen-bond donors (Lipinski definition) is 0. The standard InChI is InChI=1S/C23H19N3O3S/c1-15-5-4-7-17(13-15)26-22(28)21-19(10-12-30-21)25(23(26)29)14-20(27)24-11-9-16-6-2-3-8-18(16)24/h2-8,10,12-13H,9,11,14H2,1H3. The lowest BCUT2D eigenvalue weighted by Gasteiger charge is -2.19. The van der Waals surface area contributed by atoms with Gasteiger partial charge in [0.2, 0.25) is 5.91 Å². The van der Waals surface area contributed by atoms with Crippen molar-refractivity contribution in [3.63, 3.8) is 0 Å². The minimum Gasteiger partial charge on any atom is -0.310 e. The molecule has 1 amide bonds. The number of rotatable bonds is 3. The van der Waals surface area contributed by atoms with Crippen LogP contribution >= 0.6 is 11.3 Å². The fourth-order valence-corrected chi connectivity index (χ4v) is 4.88. The fraction of sp³-hybridized carbons (Fsp3) is 0.174. The maximum Gasteiger partial charge on any atom is 0.336 e. The summed E-state index contributed by atoms with van der Waals surface area (Å²) >= 11 is 1.28. The summed E-state index contributed by atoms with van der Waals surface area (Å²) in [6.07, 6.45) is 0.799. The molecule has 0 fully saturated rings. The number of benzene rings is 2. The van der Waals surface area contributed by atoms with E-state index in [1.807, 2.05) is 43.3 Å². The summed E-state index contributed by atoms with van der Waals surface area (Å²) in [6, 6.07) is 16.8. The summed E-state index contributed by atoms with van der Waals surface area (Å²) in [5, 5.41) is 1.78. The van der Waals surface area contributed by atoms with Crippen LogP contribution in [0.1, 0.15) is 11.1 Å². The van der Waals surface area contributed by atoms with E-state index >= 15 is 0 Å². The molecule has 0 saturated carbocycles. The van der Waals surface area contributed by atoms with E-state index in [0.29, 0.717) is 22.4 Å². The Kier molecular flexibility index (Phi) is 4.40. The third-order valence-electron chi connectivity index (χ3n) is 5.50. The Balaban J connectivity index is 1.63. The van der Waals surface area contributed by atoms with Crippen LogP contribution in [0, 0.1) is 6.92 Å². The monoisotopic (exact) mass is 417 g/mol. The zero-order valence-corrected chi connectivity index (χ0v) is 17.2. The molecular weight excluding hydrogens is 398 g/mol. The third kappa shape index (κ3) is 2.90. The van der Waals surface area contributed by atoms with Crippen LogP contribution in [0.3, 0.4) is 0 Å². The van der Waals surface area contributed by atoms with Crippen LogP contribution in [0.2, 0.25) is 0 Å². The highest BCUT2D eigenvalue weighted by molar-refractivity contribution is 7.17. The number of carbonyl (C=O) groups excluding carboxylic acids is 1. The summed E-state index contributed by atoms with van der Waals surface area (Å²) in [4.78, 5) is 41.3. The molecule has 150 valence electrons. The molecule has 0 atom stereocenters. The number of aryl methyl sites for hydroxylation is 1. The van der Waals surface area contributed by atoms with Crippen molar-refractivity contribution in [2.45, 2.75) is 19.9 Å². The summed E-state index contributed by atoms with van der Waals surface area (Å²) in [5.74, 6) is -0.163. The second-order valence-electron chi connectivity index (χ2n) is 7.41. The van der Waals surface area contributed by atoms with Crippen LogP contribution in [-0.2, 0) is 17.8 Å². The first-order valence-corrected chi connectivity index (χ1v) is 10.6. The molecule has 0 spiro atoms. The Morgan fingerprint density at radius 3 is 2.73 bits per heavy atom. The zero-order valence-electron chi connectivity index (χ0n) is 16.4. The van der Waals surface area contributed by atoms with E-state index in [4.69, 9.17) is 0 Å². The van der Waals surface area contributed by atoms with Gasteiger partial charge in [-0.25, -0.2) is 9.36 Å². The van der Waals surface area contributed by atoms with Crippen molar-refractivity contribution in [2.24, 2.45) is 0 Å². The highest BCUT2D eigenvalue weighted by atomic mass is 32.1. The number of carbonyl (C=O) groups is 1. The average molecular weight is 417 g/mol. The van der Waals surface area contributed by atoms with E-state index in [1.54, 1.807) is 28.5 Å². The van der Waals surface area contributed by atoms with Crippen molar-refractivity contribution < 1.29 is 4.79 Å². The Morgan fingerprint density at radius 2 is 1.90 bits per heavy atom. The van der Waals surface area contributed by atoms with E-state index < -0.39 is 5.69 Å². The minimum absolute atomic E-state index is 0.119. The summed E-state index contributed by atoms with van der Waals surface area (Å²) in [5.41, 5.74) is 3.12. The fourth-order valence-electron chi connectivity index (χ4n) is 4.05. The van der Waals surface area contributed by atoms with Gasteiger partial charge in [-0.2, -0.15) is 0 Å². The second-order valence-corrected chi connectivity index (χ2v) is 8.32. The first-order chi connectivity index (χ1) is 14.5. The smallest absolute Gasteiger partial charge is 0.310 e. The Labute approximate surface area is 176 Å². The first-order valence-electron chi connectivity index (χ1n) is 9.73. The van der Waals surface area contributed by atoms with Gasteiger partial charge in [-0.1, -0.05) is 30.3 Å². The van der Waals surface area contributed by atoms with Gasteiger partial charge in [-0.15, -0.1) is 11.3 Å². The Hall–Kier alpha value is -3.45. The molecule has 6 nitrogen and oxygen atoms in total. The van der Waals surface area contributed by atoms with Gasteiger partial charge >= 0.3 is 5.69 Å². The van der Waals surface area contributed by atoms with Gasteiger partial charge < -0.3 is 4.90 Å². The van der Waals surface area contributed by atoms with Crippen LogP contribution < -0.4 is 16.1 Å². The predicted molar refractivity (Wildman–Crippen MR) is 119 cm³/mol. The molecule has 0 bridgehead atoms. The van der Waals surface area contributed by atoms with Gasteiger partial charge in [-0.05, 0) is 54.1 Å². The average Bonchev–Trinajstić information content (AvgIpc) is 3.39. The van der Waals surface area contributed by atoms with Crippen LogP contribution in [-0.4, -0.2) is 21.6 Å². The van der Waals surface area contributed by atoms with Gasteiger partial charge in [-0.3, -0.25) is 14.2 Å². The van der Waals surface area contributed by atoms with Gasteiger partial charge in [0.15, 0.2) is 0 Å². The lowest BCUT2D eigenvalue weighted by molar-refractivity contribution is -0.119. The highest BCUT2D eigenvalue weighted by Crippen LogP contribution is 2.28. The molecule has 0 aliphatic carbocycles. The van der Waals surface area contributed by atoms with Crippen LogP contribution in [0.15, 0.2) is 69.6 Å². The van der Waals surface area contributed by atoms with Gasteiger partial charge in [0, 0.05) is 12.2 Å². The van der Waals surface area contributed by atoms with E-state index in [-0.39, 0.29) is 18.0 Å². The molecule has 1 aliphatic rings. The van der Waals surface area contributed by atoms with E-state index in [2.05, 4.69) is 0 Å². The second kappa shape index (κ2) is 7.11. The van der Waals surface area contributed by atoms with E-state index in [9.17, 15) is 14.4 Å². The molecule has 4 aromatic rings. The van der Waals surface area contributed by atoms with E-state index in [0.717, 1.165) is 27.8 Å². The van der Waals surface area contributed by atoms with Crippen molar-refractivity contribution in [1.29, 1.82) is 0 Å². The molecule has 1 aliphatic heterocycles. The SMILES string of the molecule is Cc1cccc(-n2c(=O)c3sccc3n(CC(=O)N3CCc4ccccc43)c2=O)c1. The number of thiophene rings is 1. The molecule has 3 heterocycles.